The van der Waals surface area contributed by atoms with Gasteiger partial charge in [0.25, 0.3) is 0 Å². The first-order valence-corrected chi connectivity index (χ1v) is 14.8. The molecule has 1 fully saturated rings. The van der Waals surface area contributed by atoms with Crippen molar-refractivity contribution in [3.8, 4) is 5.75 Å². The van der Waals surface area contributed by atoms with Crippen LogP contribution >= 0.6 is 0 Å². The average Bonchev–Trinajstić information content (AvgIpc) is 3.38. The van der Waals surface area contributed by atoms with Crippen molar-refractivity contribution in [2.75, 3.05) is 61.2 Å². The quantitative estimate of drug-likeness (QED) is 0.175. The van der Waals surface area contributed by atoms with Crippen LogP contribution in [0.25, 0.3) is 0 Å². The number of likely N-dealkylation sites (N-methyl/N-ethyl adjacent to an activating group) is 1. The number of carbonyl (C=O) groups excluding carboxylic acids is 3. The highest BCUT2D eigenvalue weighted by atomic mass is 16.5. The molecule has 3 N–H and O–H groups in total. The number of hydrogen-bond acceptors (Lipinski definition) is 7. The number of nitrogens with zero attached hydrogens (tertiary/aromatic N) is 3. The standard InChI is InChI=1S/C35H34N6O4/c1-40-16-18-41(19-17-40)27-13-11-25(12-14-27)36-22-29-28-15-10-24(21-31(28)38-34(29)43)33(42)23-6-5-7-26(20-23)37-35(44)39-30-8-3-4-9-32(30)45-2/h3-15,20-22,29H,16-19H2,1-2H3,(H,38,43)(H2,37,39,44). The number of ketones is 1. The predicted molar refractivity (Wildman–Crippen MR) is 178 cm³/mol. The fraction of sp³-hybridized carbons (Fsp3) is 0.200. The Kier molecular flexibility index (Phi) is 8.56. The summed E-state index contributed by atoms with van der Waals surface area (Å²) in [6, 6.07) is 26.5. The van der Waals surface area contributed by atoms with E-state index in [0.717, 1.165) is 37.4 Å². The molecule has 2 aliphatic rings. The number of carbonyl (C=O) groups is 3. The molecule has 6 rings (SSSR count). The van der Waals surface area contributed by atoms with Gasteiger partial charge in [0.1, 0.15) is 11.7 Å². The van der Waals surface area contributed by atoms with Crippen LogP contribution in [0.1, 0.15) is 27.4 Å². The molecule has 228 valence electrons. The molecule has 0 spiro atoms. The smallest absolute Gasteiger partial charge is 0.323 e. The monoisotopic (exact) mass is 602 g/mol. The first-order valence-electron chi connectivity index (χ1n) is 14.8. The summed E-state index contributed by atoms with van der Waals surface area (Å²) >= 11 is 0. The maximum atomic E-state index is 13.4. The number of hydrogen-bond donors (Lipinski definition) is 3. The third kappa shape index (κ3) is 6.71. The van der Waals surface area contributed by atoms with E-state index in [9.17, 15) is 14.4 Å². The van der Waals surface area contributed by atoms with Crippen LogP contribution in [0.2, 0.25) is 0 Å². The molecule has 0 radical (unpaired) electrons. The Balaban J connectivity index is 1.11. The lowest BCUT2D eigenvalue weighted by Crippen LogP contribution is -2.44. The Labute approximate surface area is 261 Å². The molecule has 0 aliphatic carbocycles. The summed E-state index contributed by atoms with van der Waals surface area (Å²) in [4.78, 5) is 48.1. The molecule has 10 heteroatoms. The van der Waals surface area contributed by atoms with Crippen molar-refractivity contribution < 1.29 is 19.1 Å². The van der Waals surface area contributed by atoms with Gasteiger partial charge in [0, 0.05) is 60.6 Å². The van der Waals surface area contributed by atoms with E-state index in [1.165, 1.54) is 12.8 Å². The second-order valence-corrected chi connectivity index (χ2v) is 11.0. The van der Waals surface area contributed by atoms with Gasteiger partial charge in [-0.1, -0.05) is 36.4 Å². The summed E-state index contributed by atoms with van der Waals surface area (Å²) in [5.41, 5.74) is 5.07. The summed E-state index contributed by atoms with van der Waals surface area (Å²) in [5.74, 6) is -0.460. The molecule has 2 aliphatic heterocycles. The van der Waals surface area contributed by atoms with Crippen LogP contribution in [-0.4, -0.2) is 69.2 Å². The number of aliphatic imine (C=N–C) groups is 1. The normalized spacial score (nSPS) is 16.3. The van der Waals surface area contributed by atoms with E-state index >= 15 is 0 Å². The van der Waals surface area contributed by atoms with Gasteiger partial charge in [-0.25, -0.2) is 4.79 Å². The Morgan fingerprint density at radius 1 is 0.889 bits per heavy atom. The molecule has 0 saturated carbocycles. The molecule has 2 heterocycles. The molecule has 3 amide bonds. The molecule has 10 nitrogen and oxygen atoms in total. The molecule has 0 aromatic heterocycles. The zero-order valence-electron chi connectivity index (χ0n) is 25.1. The number of rotatable bonds is 8. The van der Waals surface area contributed by atoms with Crippen LogP contribution in [0.15, 0.2) is 96.0 Å². The zero-order valence-corrected chi connectivity index (χ0v) is 25.1. The Hall–Kier alpha value is -5.48. The van der Waals surface area contributed by atoms with E-state index in [-0.39, 0.29) is 11.7 Å². The van der Waals surface area contributed by atoms with Crippen molar-refractivity contribution in [1.82, 2.24) is 4.90 Å². The highest BCUT2D eigenvalue weighted by molar-refractivity contribution is 6.15. The van der Waals surface area contributed by atoms with Crippen molar-refractivity contribution >= 4 is 52.4 Å². The van der Waals surface area contributed by atoms with E-state index in [2.05, 4.69) is 49.9 Å². The van der Waals surface area contributed by atoms with Gasteiger partial charge < -0.3 is 30.5 Å². The van der Waals surface area contributed by atoms with Gasteiger partial charge in [0.05, 0.1) is 18.5 Å². The van der Waals surface area contributed by atoms with Crippen molar-refractivity contribution in [3.05, 3.63) is 108 Å². The van der Waals surface area contributed by atoms with Crippen molar-refractivity contribution in [2.45, 2.75) is 5.92 Å². The Morgan fingerprint density at radius 2 is 1.64 bits per heavy atom. The van der Waals surface area contributed by atoms with Crippen molar-refractivity contribution in [2.24, 2.45) is 4.99 Å². The minimum absolute atomic E-state index is 0.195. The van der Waals surface area contributed by atoms with Gasteiger partial charge in [-0.3, -0.25) is 14.6 Å². The third-order valence-electron chi connectivity index (χ3n) is 8.02. The molecule has 1 atom stereocenters. The van der Waals surface area contributed by atoms with Crippen molar-refractivity contribution in [1.29, 1.82) is 0 Å². The number of nitrogens with one attached hydrogen (secondary N) is 3. The van der Waals surface area contributed by atoms with Crippen LogP contribution in [0.4, 0.5) is 33.2 Å². The zero-order chi connectivity index (χ0) is 31.3. The number of fused-ring (bicyclic) bond motifs is 1. The highest BCUT2D eigenvalue weighted by Gasteiger charge is 2.30. The van der Waals surface area contributed by atoms with Gasteiger partial charge in [-0.15, -0.1) is 0 Å². The lowest BCUT2D eigenvalue weighted by Gasteiger charge is -2.34. The fourth-order valence-electron chi connectivity index (χ4n) is 5.49. The summed E-state index contributed by atoms with van der Waals surface area (Å²) in [6.45, 7) is 4.06. The van der Waals surface area contributed by atoms with Crippen LogP contribution in [0, 0.1) is 0 Å². The molecule has 1 saturated heterocycles. The molecule has 4 aromatic carbocycles. The van der Waals surface area contributed by atoms with E-state index < -0.39 is 11.9 Å². The summed E-state index contributed by atoms with van der Waals surface area (Å²) in [7, 11) is 3.66. The first kappa shape index (κ1) is 29.6. The van der Waals surface area contributed by atoms with Crippen LogP contribution in [0.5, 0.6) is 5.75 Å². The molecule has 45 heavy (non-hydrogen) atoms. The van der Waals surface area contributed by atoms with Gasteiger partial charge >= 0.3 is 6.03 Å². The lowest BCUT2D eigenvalue weighted by molar-refractivity contribution is -0.115. The van der Waals surface area contributed by atoms with Gasteiger partial charge in [-0.05, 0) is 67.2 Å². The third-order valence-corrected chi connectivity index (χ3v) is 8.02. The molecule has 4 aromatic rings. The minimum Gasteiger partial charge on any atom is -0.495 e. The van der Waals surface area contributed by atoms with Gasteiger partial charge in [-0.2, -0.15) is 0 Å². The van der Waals surface area contributed by atoms with E-state index in [4.69, 9.17) is 4.74 Å². The number of ether oxygens (including phenoxy) is 1. The first-order chi connectivity index (χ1) is 21.9. The number of amides is 3. The summed E-state index contributed by atoms with van der Waals surface area (Å²) in [5, 5.41) is 8.40. The number of anilines is 4. The topological polar surface area (TPSA) is 115 Å². The van der Waals surface area contributed by atoms with E-state index in [1.54, 1.807) is 66.9 Å². The SMILES string of the molecule is COc1ccccc1NC(=O)Nc1cccc(C(=O)c2ccc3c(c2)NC(=O)C3C=Nc2ccc(N3CCN(C)CC3)cc2)c1. The number of benzene rings is 4. The Morgan fingerprint density at radius 3 is 2.42 bits per heavy atom. The predicted octanol–water partition coefficient (Wildman–Crippen LogP) is 5.76. The van der Waals surface area contributed by atoms with Crippen LogP contribution in [0.3, 0.4) is 0 Å². The largest absolute Gasteiger partial charge is 0.495 e. The molecular formula is C35H34N6O4. The number of urea groups is 1. The summed E-state index contributed by atoms with van der Waals surface area (Å²) in [6.07, 6.45) is 1.65. The van der Waals surface area contributed by atoms with Crippen molar-refractivity contribution in [3.63, 3.8) is 0 Å². The summed E-state index contributed by atoms with van der Waals surface area (Å²) < 4.78 is 5.28. The molecular weight excluding hydrogens is 568 g/mol. The fourth-order valence-corrected chi connectivity index (χ4v) is 5.49. The van der Waals surface area contributed by atoms with E-state index in [0.29, 0.717) is 33.9 Å². The van der Waals surface area contributed by atoms with Crippen LogP contribution < -0.4 is 25.6 Å². The maximum absolute atomic E-state index is 13.4. The second kappa shape index (κ2) is 13.0. The maximum Gasteiger partial charge on any atom is 0.323 e. The number of methoxy groups -OCH3 is 1. The number of para-hydroxylation sites is 2. The minimum atomic E-state index is -0.560. The second-order valence-electron chi connectivity index (χ2n) is 11.0. The van der Waals surface area contributed by atoms with E-state index in [1.807, 2.05) is 18.2 Å². The highest BCUT2D eigenvalue weighted by Crippen LogP contribution is 2.34. The van der Waals surface area contributed by atoms with Gasteiger partial charge in [0.15, 0.2) is 5.78 Å². The van der Waals surface area contributed by atoms with Gasteiger partial charge in [0.2, 0.25) is 5.91 Å². The lowest BCUT2D eigenvalue weighted by atomic mass is 9.97. The Bertz CT molecular complexity index is 1760. The number of piperazine rings is 1. The van der Waals surface area contributed by atoms with Crippen LogP contribution in [-0.2, 0) is 4.79 Å². The molecule has 1 unspecified atom stereocenters. The molecule has 0 bridgehead atoms. The average molecular weight is 603 g/mol.